The van der Waals surface area contributed by atoms with Gasteiger partial charge in [-0.15, -0.1) is 0 Å². The molecule has 0 aliphatic carbocycles. The molecule has 1 spiro atoms. The number of aliphatic hydroxyl groups excluding tert-OH is 1. The number of imide groups is 2. The normalized spacial score (nSPS) is 23.6. The number of aromatic nitrogens is 1. The fourth-order valence-electron chi connectivity index (χ4n) is 4.97. The minimum atomic E-state index is -1.76. The van der Waals surface area contributed by atoms with E-state index in [1.807, 2.05) is 0 Å². The third-order valence-electron chi connectivity index (χ3n) is 6.71. The zero-order chi connectivity index (χ0) is 25.8. The molecule has 5 amide bonds. The van der Waals surface area contributed by atoms with E-state index in [1.54, 1.807) is 18.7 Å². The van der Waals surface area contributed by atoms with Gasteiger partial charge in [0.2, 0.25) is 17.4 Å². The van der Waals surface area contributed by atoms with E-state index in [1.165, 1.54) is 6.07 Å². The van der Waals surface area contributed by atoms with Gasteiger partial charge in [0.15, 0.2) is 17.1 Å². The van der Waals surface area contributed by atoms with E-state index in [-0.39, 0.29) is 61.2 Å². The number of rotatable bonds is 4. The van der Waals surface area contributed by atoms with Gasteiger partial charge in [-0.1, -0.05) is 5.16 Å². The van der Waals surface area contributed by atoms with Gasteiger partial charge in [-0.2, -0.15) is 0 Å². The molecule has 2 fully saturated rings. The van der Waals surface area contributed by atoms with E-state index >= 15 is 4.39 Å². The molecule has 2 saturated heterocycles. The number of urea groups is 1. The Kier molecular flexibility index (Phi) is 5.79. The number of aliphatic hydroxyl groups is 1. The maximum absolute atomic E-state index is 15.9. The molecular formula is C22H24FN5O8. The molecule has 0 saturated carbocycles. The topological polar surface area (TPSA) is 172 Å². The predicted octanol–water partition coefficient (Wildman–Crippen LogP) is 0.788. The van der Waals surface area contributed by atoms with Gasteiger partial charge in [0.25, 0.3) is 0 Å². The van der Waals surface area contributed by atoms with Crippen molar-refractivity contribution in [3.8, 4) is 0 Å². The number of nitrogens with one attached hydrogen (secondary N) is 3. The number of ether oxygens (including phenoxy) is 2. The highest BCUT2D eigenvalue weighted by Crippen LogP contribution is 2.48. The van der Waals surface area contributed by atoms with Crippen molar-refractivity contribution in [3.63, 3.8) is 0 Å². The van der Waals surface area contributed by atoms with Gasteiger partial charge in [0.05, 0.1) is 42.5 Å². The van der Waals surface area contributed by atoms with Crippen LogP contribution in [-0.2, 0) is 25.5 Å². The molecule has 4 N–H and O–H groups in total. The Labute approximate surface area is 203 Å². The second kappa shape index (κ2) is 8.71. The largest absolute Gasteiger partial charge is 0.449 e. The molecule has 4 heterocycles. The molecule has 14 heteroatoms. The zero-order valence-corrected chi connectivity index (χ0v) is 19.4. The molecule has 0 radical (unpaired) electrons. The van der Waals surface area contributed by atoms with Gasteiger partial charge in [-0.05, 0) is 25.5 Å². The Hall–Kier alpha value is -3.78. The summed E-state index contributed by atoms with van der Waals surface area (Å²) in [6, 6.07) is -0.324. The number of carbonyl (C=O) groups excluding carboxylic acids is 4. The number of hydrogen-bond acceptors (Lipinski definition) is 10. The lowest BCUT2D eigenvalue weighted by Crippen LogP contribution is -2.73. The highest BCUT2D eigenvalue weighted by atomic mass is 19.1. The summed E-state index contributed by atoms with van der Waals surface area (Å²) in [5.41, 5.74) is -1.56. The summed E-state index contributed by atoms with van der Waals surface area (Å²) in [5, 5.41) is 19.8. The van der Waals surface area contributed by atoms with Crippen molar-refractivity contribution in [3.05, 3.63) is 17.4 Å². The number of barbiturate groups is 1. The van der Waals surface area contributed by atoms with Crippen LogP contribution in [0, 0.1) is 11.2 Å². The van der Waals surface area contributed by atoms with Gasteiger partial charge in [-0.3, -0.25) is 25.5 Å². The Balaban J connectivity index is 1.56. The number of carbonyl (C=O) groups is 4. The first-order valence-electron chi connectivity index (χ1n) is 11.4. The summed E-state index contributed by atoms with van der Waals surface area (Å²) in [7, 11) is 0. The number of amides is 5. The Bertz CT molecular complexity index is 1260. The van der Waals surface area contributed by atoms with Crippen LogP contribution in [0.15, 0.2) is 10.6 Å². The average Bonchev–Trinajstić information content (AvgIpc) is 3.19. The van der Waals surface area contributed by atoms with Gasteiger partial charge in [-0.25, -0.2) is 14.0 Å². The Morgan fingerprint density at radius 1 is 1.39 bits per heavy atom. The maximum atomic E-state index is 15.9. The molecule has 13 nitrogen and oxygen atoms in total. The number of halogens is 1. The van der Waals surface area contributed by atoms with Crippen LogP contribution in [0.1, 0.15) is 25.8 Å². The fourth-order valence-corrected chi connectivity index (χ4v) is 4.97. The van der Waals surface area contributed by atoms with E-state index < -0.39 is 47.3 Å². The first kappa shape index (κ1) is 23.9. The highest BCUT2D eigenvalue weighted by Gasteiger charge is 2.61. The van der Waals surface area contributed by atoms with Gasteiger partial charge in [0, 0.05) is 19.4 Å². The fraction of sp³-hybridized carbons (Fsp3) is 0.500. The van der Waals surface area contributed by atoms with Crippen LogP contribution in [0.5, 0.6) is 0 Å². The summed E-state index contributed by atoms with van der Waals surface area (Å²) < 4.78 is 31.7. The Morgan fingerprint density at radius 3 is 2.81 bits per heavy atom. The summed E-state index contributed by atoms with van der Waals surface area (Å²) in [5.74, 6) is -2.50. The Morgan fingerprint density at radius 2 is 2.11 bits per heavy atom. The minimum Gasteiger partial charge on any atom is -0.449 e. The monoisotopic (exact) mass is 505 g/mol. The molecule has 36 heavy (non-hydrogen) atoms. The van der Waals surface area contributed by atoms with Crippen LogP contribution < -0.4 is 20.9 Å². The molecule has 0 bridgehead atoms. The third kappa shape index (κ3) is 3.73. The molecule has 2 unspecified atom stereocenters. The number of hydrogen-bond donors (Lipinski definition) is 4. The van der Waals surface area contributed by atoms with E-state index in [9.17, 15) is 24.3 Å². The van der Waals surface area contributed by atoms with E-state index in [0.29, 0.717) is 5.56 Å². The lowest BCUT2D eigenvalue weighted by atomic mass is 9.68. The molecule has 192 valence electrons. The van der Waals surface area contributed by atoms with Crippen molar-refractivity contribution in [2.24, 2.45) is 5.41 Å². The molecule has 3 atom stereocenters. The number of fused-ring (bicyclic) bond motifs is 5. The van der Waals surface area contributed by atoms with E-state index in [4.69, 9.17) is 14.0 Å². The maximum Gasteiger partial charge on any atom is 0.412 e. The molecule has 1 aromatic heterocycles. The van der Waals surface area contributed by atoms with Crippen LogP contribution in [0.4, 0.5) is 25.5 Å². The average molecular weight is 505 g/mol. The summed E-state index contributed by atoms with van der Waals surface area (Å²) in [6.45, 7) is 3.40. The molecule has 3 aliphatic heterocycles. The minimum absolute atomic E-state index is 0.0470. The van der Waals surface area contributed by atoms with Crippen molar-refractivity contribution >= 4 is 46.4 Å². The van der Waals surface area contributed by atoms with Crippen molar-refractivity contribution in [1.82, 2.24) is 15.8 Å². The van der Waals surface area contributed by atoms with Crippen LogP contribution >= 0.6 is 0 Å². The lowest BCUT2D eigenvalue weighted by molar-refractivity contribution is -0.149. The SMILES string of the molecule is CC(O)CCOC(=O)Nc1noc2c(F)c3c(cc12)CC1(C(=O)NC(=O)NC1=O)C1CO[C@H](C)CN31. The molecule has 1 aromatic carbocycles. The first-order chi connectivity index (χ1) is 17.1. The van der Waals surface area contributed by atoms with E-state index in [0.717, 1.165) is 0 Å². The lowest BCUT2D eigenvalue weighted by Gasteiger charge is -2.52. The number of nitrogens with zero attached hydrogens (tertiary/aromatic N) is 2. The van der Waals surface area contributed by atoms with Crippen molar-refractivity contribution in [2.75, 3.05) is 30.0 Å². The molecule has 5 rings (SSSR count). The summed E-state index contributed by atoms with van der Waals surface area (Å²) in [4.78, 5) is 51.7. The van der Waals surface area contributed by atoms with Crippen molar-refractivity contribution in [1.29, 1.82) is 0 Å². The van der Waals surface area contributed by atoms with Crippen LogP contribution in [0.2, 0.25) is 0 Å². The van der Waals surface area contributed by atoms with Gasteiger partial charge >= 0.3 is 12.1 Å². The number of anilines is 2. The van der Waals surface area contributed by atoms with Crippen molar-refractivity contribution < 1.29 is 42.7 Å². The van der Waals surface area contributed by atoms with Crippen LogP contribution in [-0.4, -0.2) is 72.2 Å². The van der Waals surface area contributed by atoms with Crippen LogP contribution in [0.3, 0.4) is 0 Å². The zero-order valence-electron chi connectivity index (χ0n) is 19.4. The third-order valence-corrected chi connectivity index (χ3v) is 6.71. The molecule has 2 aromatic rings. The second-order valence-electron chi connectivity index (χ2n) is 9.20. The van der Waals surface area contributed by atoms with Crippen molar-refractivity contribution in [2.45, 2.75) is 44.9 Å². The predicted molar refractivity (Wildman–Crippen MR) is 120 cm³/mol. The summed E-state index contributed by atoms with van der Waals surface area (Å²) in [6.07, 6.45) is -1.88. The molecular weight excluding hydrogens is 481 g/mol. The number of morpholine rings is 1. The van der Waals surface area contributed by atoms with Gasteiger partial charge < -0.3 is 24.0 Å². The highest BCUT2D eigenvalue weighted by molar-refractivity contribution is 6.20. The standard InChI is InChI=1S/C22H24FN5O8/c1-9(29)3-4-34-21(33)24-17-12-5-11-6-22(18(30)25-20(32)26-19(22)31)13-8-35-10(2)7-28(13)15(11)14(23)16(12)36-27-17/h5,9-10,13,29H,3-4,6-8H2,1-2H3,(H,24,27,33)(H2,25,26,30,31,32)/t9?,10-,13?/m1/s1. The smallest absolute Gasteiger partial charge is 0.412 e. The van der Waals surface area contributed by atoms with E-state index in [2.05, 4.69) is 21.1 Å². The first-order valence-corrected chi connectivity index (χ1v) is 11.4. The number of benzene rings is 1. The molecule has 3 aliphatic rings. The second-order valence-corrected chi connectivity index (χ2v) is 9.20. The quantitative estimate of drug-likeness (QED) is 0.435. The van der Waals surface area contributed by atoms with Crippen LogP contribution in [0.25, 0.3) is 11.0 Å². The van der Waals surface area contributed by atoms with Gasteiger partial charge in [0.1, 0.15) is 0 Å². The summed E-state index contributed by atoms with van der Waals surface area (Å²) >= 11 is 0.